The molecule has 1 N–H and O–H groups in total. The number of halogens is 1. The van der Waals surface area contributed by atoms with Gasteiger partial charge in [-0.2, -0.15) is 0 Å². The zero-order valence-corrected chi connectivity index (χ0v) is 10.9. The van der Waals surface area contributed by atoms with Crippen LogP contribution in [0.2, 0.25) is 5.02 Å². The summed E-state index contributed by atoms with van der Waals surface area (Å²) in [6.07, 6.45) is 6.16. The van der Waals surface area contributed by atoms with E-state index in [9.17, 15) is 4.79 Å². The number of carboxylic acids is 1. The lowest BCUT2D eigenvalue weighted by Crippen LogP contribution is -2.16. The van der Waals surface area contributed by atoms with E-state index in [-0.39, 0.29) is 5.56 Å². The molecule has 1 aromatic rings. The van der Waals surface area contributed by atoms with Crippen molar-refractivity contribution in [3.8, 4) is 5.75 Å². The quantitative estimate of drug-likeness (QED) is 0.898. The van der Waals surface area contributed by atoms with Crippen LogP contribution in [-0.2, 0) is 0 Å². The van der Waals surface area contributed by atoms with Crippen molar-refractivity contribution in [2.45, 2.75) is 32.1 Å². The molecule has 1 aliphatic carbocycles. The Kier molecular flexibility index (Phi) is 4.48. The number of ether oxygens (including phenoxy) is 1. The van der Waals surface area contributed by atoms with Gasteiger partial charge < -0.3 is 9.84 Å². The average molecular weight is 269 g/mol. The standard InChI is InChI=1S/C14H17ClO3/c15-11-6-7-13(12(8-11)14(16)17)18-9-10-4-2-1-3-5-10/h6-8,10H,1-5,9H2,(H,16,17). The zero-order chi connectivity index (χ0) is 13.0. The molecule has 98 valence electrons. The minimum absolute atomic E-state index is 0.137. The number of hydrogen-bond donors (Lipinski definition) is 1. The molecule has 1 aromatic carbocycles. The highest BCUT2D eigenvalue weighted by molar-refractivity contribution is 6.31. The summed E-state index contributed by atoms with van der Waals surface area (Å²) in [4.78, 5) is 11.1. The first-order chi connectivity index (χ1) is 8.66. The first kappa shape index (κ1) is 13.2. The van der Waals surface area contributed by atoms with Gasteiger partial charge in [-0.25, -0.2) is 4.79 Å². The van der Waals surface area contributed by atoms with Gasteiger partial charge in [0.15, 0.2) is 0 Å². The minimum atomic E-state index is -1.00. The molecule has 1 fully saturated rings. The minimum Gasteiger partial charge on any atom is -0.492 e. The summed E-state index contributed by atoms with van der Waals surface area (Å²) in [5.74, 6) is -0.0373. The molecule has 0 aromatic heterocycles. The Hall–Kier alpha value is -1.22. The van der Waals surface area contributed by atoms with Crippen molar-refractivity contribution >= 4 is 17.6 Å². The molecule has 0 aliphatic heterocycles. The van der Waals surface area contributed by atoms with E-state index in [1.807, 2.05) is 0 Å². The first-order valence-corrected chi connectivity index (χ1v) is 6.70. The fourth-order valence-corrected chi connectivity index (χ4v) is 2.53. The van der Waals surface area contributed by atoms with Crippen molar-refractivity contribution in [2.75, 3.05) is 6.61 Å². The first-order valence-electron chi connectivity index (χ1n) is 6.32. The fraction of sp³-hybridized carbons (Fsp3) is 0.500. The van der Waals surface area contributed by atoms with Crippen LogP contribution in [0.15, 0.2) is 18.2 Å². The Bertz CT molecular complexity index is 425. The smallest absolute Gasteiger partial charge is 0.339 e. The second kappa shape index (κ2) is 6.10. The second-order valence-electron chi connectivity index (χ2n) is 4.76. The molecule has 0 heterocycles. The maximum Gasteiger partial charge on any atom is 0.339 e. The van der Waals surface area contributed by atoms with Gasteiger partial charge in [0.25, 0.3) is 0 Å². The number of aromatic carboxylic acids is 1. The summed E-state index contributed by atoms with van der Waals surface area (Å²) in [6, 6.07) is 4.72. The normalized spacial score (nSPS) is 16.5. The van der Waals surface area contributed by atoms with E-state index in [1.54, 1.807) is 12.1 Å². The highest BCUT2D eigenvalue weighted by Gasteiger charge is 2.16. The molecule has 0 radical (unpaired) electrons. The Morgan fingerprint density at radius 1 is 1.33 bits per heavy atom. The number of benzene rings is 1. The lowest BCUT2D eigenvalue weighted by atomic mass is 9.90. The van der Waals surface area contributed by atoms with Crippen molar-refractivity contribution in [2.24, 2.45) is 5.92 Å². The van der Waals surface area contributed by atoms with Crippen LogP contribution >= 0.6 is 11.6 Å². The van der Waals surface area contributed by atoms with Gasteiger partial charge in [0.05, 0.1) is 6.61 Å². The van der Waals surface area contributed by atoms with Crippen LogP contribution in [0.25, 0.3) is 0 Å². The molecular formula is C14H17ClO3. The van der Waals surface area contributed by atoms with Crippen LogP contribution in [0.1, 0.15) is 42.5 Å². The summed E-state index contributed by atoms with van der Waals surface area (Å²) >= 11 is 5.79. The molecule has 0 atom stereocenters. The topological polar surface area (TPSA) is 46.5 Å². The summed E-state index contributed by atoms with van der Waals surface area (Å²) in [7, 11) is 0. The van der Waals surface area contributed by atoms with E-state index < -0.39 is 5.97 Å². The van der Waals surface area contributed by atoms with E-state index in [2.05, 4.69) is 0 Å². The van der Waals surface area contributed by atoms with Crippen molar-refractivity contribution in [3.63, 3.8) is 0 Å². The van der Waals surface area contributed by atoms with Crippen LogP contribution in [0.3, 0.4) is 0 Å². The van der Waals surface area contributed by atoms with Crippen molar-refractivity contribution < 1.29 is 14.6 Å². The van der Waals surface area contributed by atoms with E-state index in [0.717, 1.165) is 0 Å². The van der Waals surface area contributed by atoms with Crippen molar-refractivity contribution in [1.82, 2.24) is 0 Å². The van der Waals surface area contributed by atoms with Gasteiger partial charge in [-0.05, 0) is 37.0 Å². The molecule has 2 rings (SSSR count). The highest BCUT2D eigenvalue weighted by Crippen LogP contribution is 2.27. The van der Waals surface area contributed by atoms with Gasteiger partial charge in [-0.3, -0.25) is 0 Å². The van der Waals surface area contributed by atoms with Gasteiger partial charge >= 0.3 is 5.97 Å². The monoisotopic (exact) mass is 268 g/mol. The Morgan fingerprint density at radius 2 is 2.06 bits per heavy atom. The van der Waals surface area contributed by atoms with E-state index >= 15 is 0 Å². The molecule has 0 bridgehead atoms. The van der Waals surface area contributed by atoms with Crippen LogP contribution in [0, 0.1) is 5.92 Å². The van der Waals surface area contributed by atoms with Crippen LogP contribution in [0.5, 0.6) is 5.75 Å². The molecule has 0 unspecified atom stereocenters. The summed E-state index contributed by atoms with van der Waals surface area (Å²) in [6.45, 7) is 0.599. The summed E-state index contributed by atoms with van der Waals surface area (Å²) in [5, 5.41) is 9.50. The van der Waals surface area contributed by atoms with E-state index in [4.69, 9.17) is 21.4 Å². The molecule has 0 saturated heterocycles. The molecule has 18 heavy (non-hydrogen) atoms. The number of rotatable bonds is 4. The molecule has 0 amide bonds. The molecule has 1 aliphatic rings. The lowest BCUT2D eigenvalue weighted by Gasteiger charge is -2.22. The second-order valence-corrected chi connectivity index (χ2v) is 5.20. The van der Waals surface area contributed by atoms with E-state index in [0.29, 0.717) is 23.3 Å². The van der Waals surface area contributed by atoms with E-state index in [1.165, 1.54) is 38.2 Å². The number of carboxylic acid groups (broad SMARTS) is 1. The van der Waals surface area contributed by atoms with Crippen LogP contribution in [0.4, 0.5) is 0 Å². The number of hydrogen-bond acceptors (Lipinski definition) is 2. The average Bonchev–Trinajstić information content (AvgIpc) is 2.38. The predicted octanol–water partition coefficient (Wildman–Crippen LogP) is 4.00. The maximum absolute atomic E-state index is 11.1. The molecule has 3 nitrogen and oxygen atoms in total. The van der Waals surface area contributed by atoms with Gasteiger partial charge in [-0.1, -0.05) is 30.9 Å². The molecule has 0 spiro atoms. The van der Waals surface area contributed by atoms with Crippen LogP contribution < -0.4 is 4.74 Å². The lowest BCUT2D eigenvalue weighted by molar-refractivity contribution is 0.0690. The third kappa shape index (κ3) is 3.39. The molecule has 4 heteroatoms. The Morgan fingerprint density at radius 3 is 2.72 bits per heavy atom. The third-order valence-corrected chi connectivity index (χ3v) is 3.61. The zero-order valence-electron chi connectivity index (χ0n) is 10.2. The highest BCUT2D eigenvalue weighted by atomic mass is 35.5. The fourth-order valence-electron chi connectivity index (χ4n) is 2.36. The van der Waals surface area contributed by atoms with Gasteiger partial charge in [-0.15, -0.1) is 0 Å². The SMILES string of the molecule is O=C(O)c1cc(Cl)ccc1OCC1CCCCC1. The van der Waals surface area contributed by atoms with Crippen LogP contribution in [-0.4, -0.2) is 17.7 Å². The predicted molar refractivity (Wildman–Crippen MR) is 70.5 cm³/mol. The Labute approximate surface area is 112 Å². The third-order valence-electron chi connectivity index (χ3n) is 3.37. The summed E-state index contributed by atoms with van der Waals surface area (Å²) < 4.78 is 5.65. The Balaban J connectivity index is 2.01. The molecular weight excluding hydrogens is 252 g/mol. The summed E-state index contributed by atoms with van der Waals surface area (Å²) in [5.41, 5.74) is 0.137. The largest absolute Gasteiger partial charge is 0.492 e. The van der Waals surface area contributed by atoms with Gasteiger partial charge in [0, 0.05) is 5.02 Å². The van der Waals surface area contributed by atoms with Crippen molar-refractivity contribution in [1.29, 1.82) is 0 Å². The van der Waals surface area contributed by atoms with Crippen molar-refractivity contribution in [3.05, 3.63) is 28.8 Å². The van der Waals surface area contributed by atoms with Gasteiger partial charge in [0.1, 0.15) is 11.3 Å². The maximum atomic E-state index is 11.1. The number of carbonyl (C=O) groups is 1. The van der Waals surface area contributed by atoms with Gasteiger partial charge in [0.2, 0.25) is 0 Å². The molecule has 1 saturated carbocycles.